The van der Waals surface area contributed by atoms with Crippen LogP contribution in [0.4, 0.5) is 32.9 Å². The minimum absolute atomic E-state index is 0. The number of halogens is 7. The fourth-order valence-electron chi connectivity index (χ4n) is 0. The Bertz CT molecular complexity index is 4.35. The average molecular weight is 170 g/mol. The van der Waals surface area contributed by atoms with Gasteiger partial charge in [-0.3, -0.25) is 32.9 Å². The molecule has 0 spiro atoms. The van der Waals surface area contributed by atoms with E-state index in [-0.39, 0.29) is 50.3 Å². The first-order valence-corrected chi connectivity index (χ1v) is 0. The van der Waals surface area contributed by atoms with Crippen LogP contribution in [0, 0.1) is 0 Å². The van der Waals surface area contributed by atoms with E-state index in [9.17, 15) is 0 Å². The summed E-state index contributed by atoms with van der Waals surface area (Å²) in [7, 11) is 0. The zero-order valence-electron chi connectivity index (χ0n) is 2.86. The molecule has 0 aliphatic carbocycles. The van der Waals surface area contributed by atoms with Crippen LogP contribution in [-0.2, 0) is 0 Å². The van der Waals surface area contributed by atoms with Gasteiger partial charge in [-0.1, -0.05) is 0 Å². The zero-order valence-corrected chi connectivity index (χ0v) is 2.86. The third-order valence-electron chi connectivity index (χ3n) is 0. The van der Waals surface area contributed by atoms with E-state index in [0.717, 1.165) is 0 Å². The van der Waals surface area contributed by atoms with Crippen molar-refractivity contribution in [1.29, 1.82) is 0 Å². The lowest BCUT2D eigenvalue weighted by atomic mass is 19.0. The maximum Gasteiger partial charge on any atom is 0.187 e. The van der Waals surface area contributed by atoms with E-state index in [0.29, 0.717) is 0 Å². The molecule has 0 N–H and O–H groups in total. The summed E-state index contributed by atoms with van der Waals surface area (Å²) in [6, 6.07) is 0. The van der Waals surface area contributed by atoms with Crippen LogP contribution in [0.1, 0.15) is 0 Å². The number of rotatable bonds is 0. The van der Waals surface area contributed by atoms with Crippen LogP contribution in [0.2, 0.25) is 0 Å². The molecule has 0 fully saturated rings. The molecule has 0 saturated carbocycles. The van der Waals surface area contributed by atoms with Crippen molar-refractivity contribution in [2.24, 2.45) is 0 Å². The van der Waals surface area contributed by atoms with Crippen LogP contribution in [0.15, 0.2) is 0 Å². The van der Waals surface area contributed by atoms with Crippen molar-refractivity contribution in [3.63, 3.8) is 0 Å². The molecule has 0 bridgehead atoms. The van der Waals surface area contributed by atoms with Crippen molar-refractivity contribution < 1.29 is 32.9 Å². The molecular formula is H10AlF7. The molecule has 0 aromatic heterocycles. The standard InChI is InChI=1S/Al.7FH.3H/h;7*1H;;;. The molecule has 62 valence electrons. The topological polar surface area (TPSA) is 0 Å². The third-order valence-corrected chi connectivity index (χ3v) is 0. The van der Waals surface area contributed by atoms with Gasteiger partial charge in [-0.25, -0.2) is 0 Å². The van der Waals surface area contributed by atoms with Crippen molar-refractivity contribution in [1.82, 2.24) is 0 Å². The van der Waals surface area contributed by atoms with Gasteiger partial charge in [0.25, 0.3) is 0 Å². The lowest BCUT2D eigenvalue weighted by Gasteiger charge is -0.270. The summed E-state index contributed by atoms with van der Waals surface area (Å²) in [6.45, 7) is 0. The minimum Gasteiger partial charge on any atom is -0.269 e. The Balaban J connectivity index is 0. The Hall–Kier alpha value is 0.0425. The average Bonchev–Trinajstić information content (AvgIpc) is 0. The van der Waals surface area contributed by atoms with Gasteiger partial charge < -0.3 is 0 Å². The molecule has 0 amide bonds. The monoisotopic (exact) mass is 170 g/mol. The first-order chi connectivity index (χ1) is 0. The molecule has 0 nitrogen and oxygen atoms in total. The largest absolute Gasteiger partial charge is 0.269 e. The Kier molecular flexibility index (Phi) is 3940000000. The molecule has 0 unspecified atom stereocenters. The number of hydrogen-bond acceptors (Lipinski definition) is 0. The van der Waals surface area contributed by atoms with E-state index in [1.807, 2.05) is 0 Å². The van der Waals surface area contributed by atoms with Gasteiger partial charge in [0.05, 0.1) is 0 Å². The molecule has 8 heteroatoms. The zero-order chi connectivity index (χ0) is 0. The van der Waals surface area contributed by atoms with Gasteiger partial charge in [-0.2, -0.15) is 0 Å². The SMILES string of the molecule is F.F.F.F.F.F.F.[AlH3]. The van der Waals surface area contributed by atoms with Crippen LogP contribution in [0.25, 0.3) is 0 Å². The lowest BCUT2D eigenvalue weighted by molar-refractivity contribution is 1.11. The smallest absolute Gasteiger partial charge is 0.187 e. The maximum atomic E-state index is 0. The van der Waals surface area contributed by atoms with Crippen molar-refractivity contribution in [3.05, 3.63) is 0 Å². The van der Waals surface area contributed by atoms with Crippen LogP contribution in [-0.4, -0.2) is 17.4 Å². The molecule has 0 rings (SSSR count). The second-order valence-electron chi connectivity index (χ2n) is 0. The summed E-state index contributed by atoms with van der Waals surface area (Å²) in [5.74, 6) is 0. The highest BCUT2D eigenvalue weighted by atomic mass is 27.0. The molecular weight excluding hydrogens is 160 g/mol. The predicted octanol–water partition coefficient (Wildman–Crippen LogP) is -0.116. The molecule has 0 heterocycles. The van der Waals surface area contributed by atoms with E-state index in [4.69, 9.17) is 0 Å². The van der Waals surface area contributed by atoms with Crippen molar-refractivity contribution in [2.45, 2.75) is 0 Å². The van der Waals surface area contributed by atoms with Gasteiger partial charge in [-0.15, -0.1) is 0 Å². The second-order valence-corrected chi connectivity index (χ2v) is 0. The van der Waals surface area contributed by atoms with E-state index >= 15 is 0 Å². The fraction of sp³-hybridized carbons (Fsp3) is 0. The van der Waals surface area contributed by atoms with E-state index in [1.54, 1.807) is 0 Å². The Morgan fingerprint density at radius 1 is 0.250 bits per heavy atom. The first-order valence-electron chi connectivity index (χ1n) is 0. The summed E-state index contributed by atoms with van der Waals surface area (Å²) in [5, 5.41) is 0. The Labute approximate surface area is 51.3 Å². The lowest BCUT2D eigenvalue weighted by Crippen LogP contribution is -0.381. The highest BCUT2D eigenvalue weighted by molar-refractivity contribution is 5.75. The Morgan fingerprint density at radius 3 is 0.250 bits per heavy atom. The second kappa shape index (κ2) is 143000. The van der Waals surface area contributed by atoms with Crippen molar-refractivity contribution >= 4 is 17.4 Å². The highest BCUT2D eigenvalue weighted by Crippen LogP contribution is 0.426. The van der Waals surface area contributed by atoms with Crippen LogP contribution < -0.4 is 0 Å². The summed E-state index contributed by atoms with van der Waals surface area (Å²) in [4.78, 5) is 0. The molecule has 0 aliphatic rings. The fourth-order valence-corrected chi connectivity index (χ4v) is 0. The molecule has 0 aliphatic heterocycles. The summed E-state index contributed by atoms with van der Waals surface area (Å²) < 4.78 is 0. The van der Waals surface area contributed by atoms with Gasteiger partial charge in [0.15, 0.2) is 17.4 Å². The van der Waals surface area contributed by atoms with Gasteiger partial charge in [0.2, 0.25) is 0 Å². The van der Waals surface area contributed by atoms with Crippen LogP contribution >= 0.6 is 0 Å². The Morgan fingerprint density at radius 2 is 0.250 bits per heavy atom. The first kappa shape index (κ1) is 221000. The molecule has 0 radical (unpaired) electrons. The minimum atomic E-state index is 0. The molecule has 0 saturated heterocycles. The summed E-state index contributed by atoms with van der Waals surface area (Å²) >= 11 is 0. The number of hydrogen-bond donors (Lipinski definition) is 0. The van der Waals surface area contributed by atoms with Gasteiger partial charge in [-0.05, 0) is 0 Å². The highest BCUT2D eigenvalue weighted by Gasteiger charge is 0.187. The normalized spacial score (nSPS) is 0. The molecule has 8 heavy (non-hydrogen) atoms. The van der Waals surface area contributed by atoms with E-state index in [2.05, 4.69) is 0 Å². The van der Waals surface area contributed by atoms with Crippen molar-refractivity contribution in [3.8, 4) is 0 Å². The molecule has 0 aromatic rings. The van der Waals surface area contributed by atoms with Crippen molar-refractivity contribution in [2.75, 3.05) is 0 Å². The van der Waals surface area contributed by atoms with E-state index < -0.39 is 0 Å². The predicted molar refractivity (Wildman–Crippen MR) is 27.5 cm³/mol. The molecule has 0 atom stereocenters. The van der Waals surface area contributed by atoms with Gasteiger partial charge in [0.1, 0.15) is 0 Å². The third kappa shape index (κ3) is 85200. The van der Waals surface area contributed by atoms with Crippen LogP contribution in [0.5, 0.6) is 0 Å². The summed E-state index contributed by atoms with van der Waals surface area (Å²) in [6.07, 6.45) is 0. The van der Waals surface area contributed by atoms with E-state index in [1.165, 1.54) is 0 Å². The van der Waals surface area contributed by atoms with Gasteiger partial charge in [0, 0.05) is 0 Å². The summed E-state index contributed by atoms with van der Waals surface area (Å²) in [5.41, 5.74) is 0. The maximum absolute atomic E-state index is 0. The molecule has 0 aromatic carbocycles. The van der Waals surface area contributed by atoms with Gasteiger partial charge >= 0.3 is 0 Å². The van der Waals surface area contributed by atoms with Crippen LogP contribution in [0.3, 0.4) is 0 Å². The quantitative estimate of drug-likeness (QED) is 0.351.